The van der Waals surface area contributed by atoms with Crippen molar-refractivity contribution in [1.82, 2.24) is 0 Å². The van der Waals surface area contributed by atoms with E-state index in [0.717, 1.165) is 47.6 Å². The second-order valence-electron chi connectivity index (χ2n) is 11.8. The maximum atomic E-state index is 13.7. The molecule has 0 spiro atoms. The number of imide groups is 1. The Balaban J connectivity index is 1.22. The van der Waals surface area contributed by atoms with Crippen molar-refractivity contribution in [2.24, 2.45) is 17.8 Å². The Bertz CT molecular complexity index is 1610. The minimum atomic E-state index is -1.68. The number of carbonyl (C=O) groups is 2. The summed E-state index contributed by atoms with van der Waals surface area (Å²) < 4.78 is 6.35. The number of benzene rings is 3. The summed E-state index contributed by atoms with van der Waals surface area (Å²) in [4.78, 5) is 28.5. The number of anilines is 1. The lowest BCUT2D eigenvalue weighted by atomic mass is 9.70. The molecule has 7 nitrogen and oxygen atoms in total. The Morgan fingerprint density at radius 2 is 1.79 bits per heavy atom. The van der Waals surface area contributed by atoms with Gasteiger partial charge in [-0.15, -0.1) is 0 Å². The maximum absolute atomic E-state index is 13.7. The molecule has 2 saturated heterocycles. The molecule has 42 heavy (non-hydrogen) atoms. The molecular weight excluding hydrogens is 529 g/mol. The molecule has 8 heteroatoms. The maximum Gasteiger partial charge on any atom is 0.488 e. The second kappa shape index (κ2) is 11.5. The van der Waals surface area contributed by atoms with Crippen LogP contribution in [0.15, 0.2) is 77.4 Å². The first kappa shape index (κ1) is 28.4. The van der Waals surface area contributed by atoms with Crippen LogP contribution in [-0.4, -0.2) is 46.8 Å². The van der Waals surface area contributed by atoms with E-state index in [-0.39, 0.29) is 35.0 Å². The van der Waals surface area contributed by atoms with Crippen LogP contribution in [0.4, 0.5) is 5.69 Å². The summed E-state index contributed by atoms with van der Waals surface area (Å²) >= 11 is 0. The van der Waals surface area contributed by atoms with E-state index in [1.54, 1.807) is 24.3 Å². The molecular formula is C34H36BNO6. The van der Waals surface area contributed by atoms with Gasteiger partial charge < -0.3 is 19.9 Å². The molecule has 3 aliphatic rings. The number of hydrogen-bond acceptors (Lipinski definition) is 6. The standard InChI is InChI=1S/C34H36BNO6/c1-3-7-21(17-22-13-14-29(37)26-11-5-4-10-25(22)26)12-15-30-31-20(2)16-27-32(28(31)19-42-30)34(39)36(33(27)38)24-9-6-8-23(18-24)35(40)41/h4-6,8-11,13-14,17-18,27-28,30,32,37,40-41H,3,7,12,15-16,19H2,1-2H3/b21-17+/t27-,28+,30-,32-/m1/s1. The first-order chi connectivity index (χ1) is 20.3. The topological polar surface area (TPSA) is 107 Å². The smallest absolute Gasteiger partial charge is 0.488 e. The number of phenols is 1. The lowest BCUT2D eigenvalue weighted by Crippen LogP contribution is -2.35. The van der Waals surface area contributed by atoms with Gasteiger partial charge in [0, 0.05) is 11.3 Å². The van der Waals surface area contributed by atoms with Crippen molar-refractivity contribution in [2.75, 3.05) is 11.5 Å². The van der Waals surface area contributed by atoms with Gasteiger partial charge in [0.15, 0.2) is 0 Å². The number of allylic oxidation sites excluding steroid dienone is 2. The molecule has 6 rings (SSSR count). The molecule has 216 valence electrons. The zero-order valence-corrected chi connectivity index (χ0v) is 24.0. The fourth-order valence-electron chi connectivity index (χ4n) is 7.27. The van der Waals surface area contributed by atoms with E-state index in [1.165, 1.54) is 22.1 Å². The van der Waals surface area contributed by atoms with Crippen LogP contribution < -0.4 is 10.4 Å². The van der Waals surface area contributed by atoms with Crippen molar-refractivity contribution < 1.29 is 29.5 Å². The quantitative estimate of drug-likeness (QED) is 0.207. The lowest BCUT2D eigenvalue weighted by molar-refractivity contribution is -0.122. The third-order valence-corrected chi connectivity index (χ3v) is 9.17. The highest BCUT2D eigenvalue weighted by atomic mass is 16.5. The van der Waals surface area contributed by atoms with Crippen LogP contribution in [0.5, 0.6) is 5.75 Å². The summed E-state index contributed by atoms with van der Waals surface area (Å²) in [6.45, 7) is 4.65. The van der Waals surface area contributed by atoms with E-state index < -0.39 is 19.0 Å². The van der Waals surface area contributed by atoms with Crippen molar-refractivity contribution in [2.45, 2.75) is 52.1 Å². The summed E-state index contributed by atoms with van der Waals surface area (Å²) in [5.41, 5.74) is 5.31. The van der Waals surface area contributed by atoms with Crippen molar-refractivity contribution in [3.63, 3.8) is 0 Å². The van der Waals surface area contributed by atoms with Gasteiger partial charge in [-0.1, -0.05) is 73.0 Å². The summed E-state index contributed by atoms with van der Waals surface area (Å²) in [6.07, 6.45) is 6.28. The number of fused-ring (bicyclic) bond motifs is 4. The zero-order valence-electron chi connectivity index (χ0n) is 24.0. The molecule has 3 aromatic carbocycles. The molecule has 0 saturated carbocycles. The summed E-state index contributed by atoms with van der Waals surface area (Å²) in [5.74, 6) is -1.24. The molecule has 0 bridgehead atoms. The molecule has 2 heterocycles. The molecule has 1 aliphatic carbocycles. The van der Waals surface area contributed by atoms with Crippen molar-refractivity contribution >= 4 is 46.9 Å². The van der Waals surface area contributed by atoms with Crippen LogP contribution in [0.3, 0.4) is 0 Å². The van der Waals surface area contributed by atoms with Crippen LogP contribution in [0.1, 0.15) is 51.5 Å². The normalized spacial score (nSPS) is 24.0. The van der Waals surface area contributed by atoms with Crippen LogP contribution >= 0.6 is 0 Å². The molecule has 2 amide bonds. The molecule has 0 unspecified atom stereocenters. The van der Waals surface area contributed by atoms with Gasteiger partial charge in [-0.3, -0.25) is 14.5 Å². The summed E-state index contributed by atoms with van der Waals surface area (Å²) in [6, 6.07) is 17.9. The second-order valence-corrected chi connectivity index (χ2v) is 11.8. The van der Waals surface area contributed by atoms with Gasteiger partial charge in [0.05, 0.1) is 30.2 Å². The Hall–Kier alpha value is -3.72. The highest BCUT2D eigenvalue weighted by Gasteiger charge is 2.56. The minimum absolute atomic E-state index is 0.0995. The third kappa shape index (κ3) is 4.98. The number of rotatable bonds is 8. The number of nitrogens with zero attached hydrogens (tertiary/aromatic N) is 1. The summed E-state index contributed by atoms with van der Waals surface area (Å²) in [5, 5.41) is 31.4. The Morgan fingerprint density at radius 3 is 2.55 bits per heavy atom. The van der Waals surface area contributed by atoms with Gasteiger partial charge >= 0.3 is 7.12 Å². The number of aromatic hydroxyl groups is 1. The number of ether oxygens (including phenoxy) is 1. The van der Waals surface area contributed by atoms with Crippen LogP contribution in [0.2, 0.25) is 0 Å². The largest absolute Gasteiger partial charge is 0.507 e. The predicted molar refractivity (Wildman–Crippen MR) is 164 cm³/mol. The average molecular weight is 565 g/mol. The van der Waals surface area contributed by atoms with Crippen LogP contribution in [-0.2, 0) is 14.3 Å². The SMILES string of the molecule is CCC/C(=C\c1ccc(O)c2ccccc12)CC[C@H]1OC[C@H]2C1=C(C)C[C@H]1C(=O)N(c3cccc(B(O)O)c3)C(=O)[C@H]12. The van der Waals surface area contributed by atoms with Crippen molar-refractivity contribution in [3.05, 3.63) is 82.9 Å². The molecule has 0 radical (unpaired) electrons. The van der Waals surface area contributed by atoms with Crippen molar-refractivity contribution in [1.29, 1.82) is 0 Å². The van der Waals surface area contributed by atoms with Crippen LogP contribution in [0.25, 0.3) is 16.8 Å². The van der Waals surface area contributed by atoms with E-state index in [1.807, 2.05) is 30.3 Å². The van der Waals surface area contributed by atoms with Gasteiger partial charge in [0.25, 0.3) is 0 Å². The lowest BCUT2D eigenvalue weighted by Gasteiger charge is -2.30. The van der Waals surface area contributed by atoms with Gasteiger partial charge in [0.1, 0.15) is 5.75 Å². The number of hydrogen-bond donors (Lipinski definition) is 3. The highest BCUT2D eigenvalue weighted by Crippen LogP contribution is 2.50. The van der Waals surface area contributed by atoms with E-state index in [9.17, 15) is 24.7 Å². The Kier molecular flexibility index (Phi) is 7.79. The first-order valence-electron chi connectivity index (χ1n) is 14.8. The van der Waals surface area contributed by atoms with E-state index in [4.69, 9.17) is 4.74 Å². The molecule has 2 aliphatic heterocycles. The van der Waals surface area contributed by atoms with E-state index in [2.05, 4.69) is 19.9 Å². The molecule has 3 aromatic rings. The first-order valence-corrected chi connectivity index (χ1v) is 14.8. The Labute approximate surface area is 246 Å². The van der Waals surface area contributed by atoms with Gasteiger partial charge in [-0.2, -0.15) is 0 Å². The fourth-order valence-corrected chi connectivity index (χ4v) is 7.27. The highest BCUT2D eigenvalue weighted by molar-refractivity contribution is 6.58. The number of phenolic OH excluding ortho intramolecular Hbond substituents is 1. The number of carbonyl (C=O) groups excluding carboxylic acids is 2. The average Bonchev–Trinajstić information content (AvgIpc) is 3.52. The molecule has 3 N–H and O–H groups in total. The zero-order chi connectivity index (χ0) is 29.5. The molecule has 2 fully saturated rings. The van der Waals surface area contributed by atoms with E-state index in [0.29, 0.717) is 18.7 Å². The van der Waals surface area contributed by atoms with E-state index >= 15 is 0 Å². The van der Waals surface area contributed by atoms with Gasteiger partial charge in [-0.05, 0) is 72.8 Å². The molecule has 0 aromatic heterocycles. The predicted octanol–water partition coefficient (Wildman–Crippen LogP) is 4.73. The van der Waals surface area contributed by atoms with Gasteiger partial charge in [-0.25, -0.2) is 0 Å². The summed E-state index contributed by atoms with van der Waals surface area (Å²) in [7, 11) is -1.68. The van der Waals surface area contributed by atoms with Crippen molar-refractivity contribution in [3.8, 4) is 5.75 Å². The monoisotopic (exact) mass is 565 g/mol. The minimum Gasteiger partial charge on any atom is -0.507 e. The molecule has 4 atom stereocenters. The fraction of sp³-hybridized carbons (Fsp3) is 0.353. The Morgan fingerprint density at radius 1 is 1.00 bits per heavy atom. The van der Waals surface area contributed by atoms with Crippen LogP contribution in [0, 0.1) is 17.8 Å². The third-order valence-electron chi connectivity index (χ3n) is 9.17. The number of amides is 2. The van der Waals surface area contributed by atoms with Gasteiger partial charge in [0.2, 0.25) is 11.8 Å².